The van der Waals surface area contributed by atoms with E-state index >= 15 is 0 Å². The molecule has 0 unspecified atom stereocenters. The number of carbonyl (C=O) groups excluding carboxylic acids is 1. The van der Waals surface area contributed by atoms with E-state index < -0.39 is 0 Å². The molecule has 0 saturated carbocycles. The molecule has 24 heavy (non-hydrogen) atoms. The maximum absolute atomic E-state index is 11.7. The zero-order valence-corrected chi connectivity index (χ0v) is 15.0. The van der Waals surface area contributed by atoms with Gasteiger partial charge in [-0.2, -0.15) is 0 Å². The highest BCUT2D eigenvalue weighted by Gasteiger charge is 2.02. The minimum absolute atomic E-state index is 0.0504. The molecule has 0 aliphatic heterocycles. The van der Waals surface area contributed by atoms with Crippen molar-refractivity contribution in [1.29, 1.82) is 0 Å². The predicted molar refractivity (Wildman–Crippen MR) is 99.3 cm³/mol. The Labute approximate surface area is 145 Å². The molecule has 6 heteroatoms. The number of ether oxygens (including phenoxy) is 1. The summed E-state index contributed by atoms with van der Waals surface area (Å²) in [7, 11) is 1.75. The van der Waals surface area contributed by atoms with Gasteiger partial charge in [-0.1, -0.05) is 19.1 Å². The summed E-state index contributed by atoms with van der Waals surface area (Å²) in [6, 6.07) is 7.84. The Balaban J connectivity index is 2.40. The molecule has 0 aliphatic rings. The lowest BCUT2D eigenvalue weighted by Gasteiger charge is -2.13. The number of carbonyl (C=O) groups is 1. The average Bonchev–Trinajstić information content (AvgIpc) is 2.58. The lowest BCUT2D eigenvalue weighted by Crippen LogP contribution is -2.37. The van der Waals surface area contributed by atoms with Crippen LogP contribution < -0.4 is 16.0 Å². The van der Waals surface area contributed by atoms with Crippen molar-refractivity contribution in [3.8, 4) is 0 Å². The largest absolute Gasteiger partial charge is 0.382 e. The highest BCUT2D eigenvalue weighted by Crippen LogP contribution is 2.11. The van der Waals surface area contributed by atoms with Crippen LogP contribution in [-0.2, 0) is 16.1 Å². The van der Waals surface area contributed by atoms with Gasteiger partial charge in [-0.3, -0.25) is 9.79 Å². The van der Waals surface area contributed by atoms with Gasteiger partial charge in [0.1, 0.15) is 0 Å². The fourth-order valence-electron chi connectivity index (χ4n) is 2.14. The fraction of sp³-hybridized carbons (Fsp3) is 0.556. The Morgan fingerprint density at radius 2 is 2.08 bits per heavy atom. The number of hydrogen-bond acceptors (Lipinski definition) is 3. The van der Waals surface area contributed by atoms with E-state index in [1.54, 1.807) is 7.05 Å². The monoisotopic (exact) mass is 334 g/mol. The molecule has 0 spiro atoms. The first-order valence-corrected chi connectivity index (χ1v) is 8.60. The molecule has 0 bridgehead atoms. The summed E-state index contributed by atoms with van der Waals surface area (Å²) in [6.45, 7) is 6.94. The minimum Gasteiger partial charge on any atom is -0.382 e. The molecule has 0 aliphatic carbocycles. The van der Waals surface area contributed by atoms with Gasteiger partial charge in [0, 0.05) is 45.5 Å². The molecular weight excluding hydrogens is 304 g/mol. The standard InChI is InChI=1S/C18H30N4O2/c1-4-8-17(23)22-16-10-6-9-15(13-16)14-21-18(19-3)20-11-7-12-24-5-2/h6,9-10,13H,4-5,7-8,11-12,14H2,1-3H3,(H,22,23)(H2,19,20,21). The van der Waals surface area contributed by atoms with Crippen molar-refractivity contribution in [3.63, 3.8) is 0 Å². The third-order valence-corrected chi connectivity index (χ3v) is 3.33. The molecule has 0 fully saturated rings. The quantitative estimate of drug-likeness (QED) is 0.349. The average molecular weight is 334 g/mol. The molecule has 3 N–H and O–H groups in total. The highest BCUT2D eigenvalue weighted by molar-refractivity contribution is 5.90. The molecule has 1 amide bonds. The Kier molecular flexibility index (Phi) is 10.3. The number of aliphatic imine (C=N–C) groups is 1. The third-order valence-electron chi connectivity index (χ3n) is 3.33. The third kappa shape index (κ3) is 8.53. The second-order valence-corrected chi connectivity index (χ2v) is 5.40. The van der Waals surface area contributed by atoms with Crippen LogP contribution in [0.15, 0.2) is 29.3 Å². The summed E-state index contributed by atoms with van der Waals surface area (Å²) >= 11 is 0. The van der Waals surface area contributed by atoms with Gasteiger partial charge in [-0.05, 0) is 37.5 Å². The molecule has 0 radical (unpaired) electrons. The van der Waals surface area contributed by atoms with Crippen LogP contribution in [0.2, 0.25) is 0 Å². The predicted octanol–water partition coefficient (Wildman–Crippen LogP) is 2.52. The van der Waals surface area contributed by atoms with E-state index in [0.29, 0.717) is 13.0 Å². The normalized spacial score (nSPS) is 11.2. The Morgan fingerprint density at radius 3 is 2.79 bits per heavy atom. The Morgan fingerprint density at radius 1 is 1.25 bits per heavy atom. The van der Waals surface area contributed by atoms with Crippen LogP contribution in [0, 0.1) is 0 Å². The topological polar surface area (TPSA) is 74.8 Å². The van der Waals surface area contributed by atoms with Gasteiger partial charge in [0.2, 0.25) is 5.91 Å². The zero-order valence-electron chi connectivity index (χ0n) is 15.0. The van der Waals surface area contributed by atoms with Gasteiger partial charge in [0.05, 0.1) is 0 Å². The van der Waals surface area contributed by atoms with E-state index in [9.17, 15) is 4.79 Å². The lowest BCUT2D eigenvalue weighted by atomic mass is 10.2. The van der Waals surface area contributed by atoms with E-state index in [1.807, 2.05) is 38.1 Å². The van der Waals surface area contributed by atoms with Gasteiger partial charge in [-0.15, -0.1) is 0 Å². The molecule has 0 saturated heterocycles. The molecule has 0 atom stereocenters. The van der Waals surface area contributed by atoms with Gasteiger partial charge in [-0.25, -0.2) is 0 Å². The molecular formula is C18H30N4O2. The SMILES string of the molecule is CCCC(=O)Nc1cccc(CNC(=NC)NCCCOCC)c1. The Bertz CT molecular complexity index is 517. The summed E-state index contributed by atoms with van der Waals surface area (Å²) in [6.07, 6.45) is 2.33. The van der Waals surface area contributed by atoms with Crippen LogP contribution in [0.1, 0.15) is 38.7 Å². The van der Waals surface area contributed by atoms with Crippen molar-refractivity contribution in [1.82, 2.24) is 10.6 Å². The molecule has 1 aromatic carbocycles. The first-order chi connectivity index (χ1) is 11.7. The number of amides is 1. The van der Waals surface area contributed by atoms with Crippen LogP contribution in [0.4, 0.5) is 5.69 Å². The molecule has 1 aromatic rings. The molecule has 134 valence electrons. The number of nitrogens with zero attached hydrogens (tertiary/aromatic N) is 1. The molecule has 0 aromatic heterocycles. The van der Waals surface area contributed by atoms with Crippen LogP contribution in [0.5, 0.6) is 0 Å². The molecule has 6 nitrogen and oxygen atoms in total. The van der Waals surface area contributed by atoms with Crippen molar-refractivity contribution in [3.05, 3.63) is 29.8 Å². The number of benzene rings is 1. The van der Waals surface area contributed by atoms with Crippen molar-refractivity contribution in [2.75, 3.05) is 32.1 Å². The van der Waals surface area contributed by atoms with Crippen LogP contribution in [0.3, 0.4) is 0 Å². The second-order valence-electron chi connectivity index (χ2n) is 5.40. The smallest absolute Gasteiger partial charge is 0.224 e. The summed E-state index contributed by atoms with van der Waals surface area (Å²) in [5, 5.41) is 9.43. The number of rotatable bonds is 10. The van der Waals surface area contributed by atoms with Gasteiger partial charge < -0.3 is 20.7 Å². The van der Waals surface area contributed by atoms with E-state index in [4.69, 9.17) is 4.74 Å². The minimum atomic E-state index is 0.0504. The maximum atomic E-state index is 11.7. The van der Waals surface area contributed by atoms with Crippen LogP contribution in [-0.4, -0.2) is 38.7 Å². The Hall–Kier alpha value is -2.08. The summed E-state index contributed by atoms with van der Waals surface area (Å²) in [5.41, 5.74) is 1.91. The lowest BCUT2D eigenvalue weighted by molar-refractivity contribution is -0.116. The van der Waals surface area contributed by atoms with E-state index in [1.165, 1.54) is 0 Å². The zero-order chi connectivity index (χ0) is 17.6. The number of guanidine groups is 1. The van der Waals surface area contributed by atoms with Gasteiger partial charge in [0.15, 0.2) is 5.96 Å². The number of nitrogens with one attached hydrogen (secondary N) is 3. The van der Waals surface area contributed by atoms with Crippen molar-refractivity contribution in [2.45, 2.75) is 39.7 Å². The highest BCUT2D eigenvalue weighted by atomic mass is 16.5. The van der Waals surface area contributed by atoms with Crippen molar-refractivity contribution >= 4 is 17.6 Å². The van der Waals surface area contributed by atoms with Crippen LogP contribution in [0.25, 0.3) is 0 Å². The van der Waals surface area contributed by atoms with Crippen molar-refractivity contribution in [2.24, 2.45) is 4.99 Å². The van der Waals surface area contributed by atoms with Crippen LogP contribution >= 0.6 is 0 Å². The van der Waals surface area contributed by atoms with Gasteiger partial charge >= 0.3 is 0 Å². The maximum Gasteiger partial charge on any atom is 0.224 e. The fourth-order valence-corrected chi connectivity index (χ4v) is 2.14. The summed E-state index contributed by atoms with van der Waals surface area (Å²) in [5.74, 6) is 0.807. The molecule has 0 heterocycles. The second kappa shape index (κ2) is 12.4. The van der Waals surface area contributed by atoms with E-state index in [0.717, 1.165) is 49.8 Å². The van der Waals surface area contributed by atoms with E-state index in [2.05, 4.69) is 20.9 Å². The first kappa shape index (κ1) is 20.0. The van der Waals surface area contributed by atoms with Crippen molar-refractivity contribution < 1.29 is 9.53 Å². The summed E-state index contributed by atoms with van der Waals surface area (Å²) < 4.78 is 5.31. The number of hydrogen-bond donors (Lipinski definition) is 3. The van der Waals surface area contributed by atoms with E-state index in [-0.39, 0.29) is 5.91 Å². The molecule has 1 rings (SSSR count). The van der Waals surface area contributed by atoms with Gasteiger partial charge in [0.25, 0.3) is 0 Å². The first-order valence-electron chi connectivity index (χ1n) is 8.60. The summed E-state index contributed by atoms with van der Waals surface area (Å²) in [4.78, 5) is 15.9. The number of anilines is 1.